The van der Waals surface area contributed by atoms with Crippen LogP contribution >= 0.6 is 0 Å². The van der Waals surface area contributed by atoms with Crippen molar-refractivity contribution < 1.29 is 19.6 Å². The molecule has 132 valence electrons. The Balaban J connectivity index is 1.96. The molecule has 1 aliphatic heterocycles. The Hall–Kier alpha value is -2.19. The van der Waals surface area contributed by atoms with Crippen LogP contribution in [0.15, 0.2) is 18.2 Å². The van der Waals surface area contributed by atoms with Crippen LogP contribution < -0.4 is 4.74 Å². The molecule has 0 radical (unpaired) electrons. The minimum absolute atomic E-state index is 0.00716. The molecule has 0 bridgehead atoms. The van der Waals surface area contributed by atoms with Crippen LogP contribution in [-0.4, -0.2) is 72.2 Å². The molecular formula is C16H23N3O5. The van der Waals surface area contributed by atoms with Gasteiger partial charge in [-0.2, -0.15) is 0 Å². The monoisotopic (exact) mass is 337 g/mol. The summed E-state index contributed by atoms with van der Waals surface area (Å²) in [5.74, 6) is -0.668. The van der Waals surface area contributed by atoms with Crippen molar-refractivity contribution in [2.24, 2.45) is 0 Å². The summed E-state index contributed by atoms with van der Waals surface area (Å²) in [6.07, 6.45) is 1.46. The molecule has 0 unspecified atom stereocenters. The van der Waals surface area contributed by atoms with Gasteiger partial charge in [-0.1, -0.05) is 0 Å². The van der Waals surface area contributed by atoms with Gasteiger partial charge in [0.15, 0.2) is 6.61 Å². The Labute approximate surface area is 140 Å². The summed E-state index contributed by atoms with van der Waals surface area (Å²) in [6, 6.07) is 4.29. The fraction of sp³-hybridized carbons (Fsp3) is 0.562. The summed E-state index contributed by atoms with van der Waals surface area (Å²) < 4.78 is 5.25. The van der Waals surface area contributed by atoms with Gasteiger partial charge in [-0.15, -0.1) is 0 Å². The average molecular weight is 337 g/mol. The predicted octanol–water partition coefficient (Wildman–Crippen LogP) is 1.24. The van der Waals surface area contributed by atoms with Gasteiger partial charge in [0, 0.05) is 43.9 Å². The van der Waals surface area contributed by atoms with Crippen LogP contribution in [0.25, 0.3) is 0 Å². The highest BCUT2D eigenvalue weighted by molar-refractivity contribution is 5.68. The number of non-ortho nitro benzene ring substituents is 1. The Bertz CT molecular complexity index is 585. The van der Waals surface area contributed by atoms with Gasteiger partial charge < -0.3 is 19.6 Å². The maximum Gasteiger partial charge on any atom is 0.341 e. The number of nitro groups is 1. The molecule has 1 fully saturated rings. The lowest BCUT2D eigenvalue weighted by molar-refractivity contribution is -0.384. The Morgan fingerprint density at radius 2 is 2.04 bits per heavy atom. The zero-order chi connectivity index (χ0) is 17.5. The first-order valence-corrected chi connectivity index (χ1v) is 7.98. The molecule has 0 amide bonds. The normalized spacial score (nSPS) is 16.0. The highest BCUT2D eigenvalue weighted by atomic mass is 16.6. The maximum atomic E-state index is 10.9. The van der Waals surface area contributed by atoms with Gasteiger partial charge in [0.2, 0.25) is 0 Å². The second-order valence-corrected chi connectivity index (χ2v) is 5.98. The number of rotatable bonds is 8. The number of carboxylic acids is 1. The third-order valence-electron chi connectivity index (χ3n) is 4.12. The predicted molar refractivity (Wildman–Crippen MR) is 88.5 cm³/mol. The van der Waals surface area contributed by atoms with Gasteiger partial charge in [0.1, 0.15) is 5.75 Å². The summed E-state index contributed by atoms with van der Waals surface area (Å²) in [5, 5.41) is 19.7. The van der Waals surface area contributed by atoms with Crippen molar-refractivity contribution in [3.05, 3.63) is 33.9 Å². The fourth-order valence-electron chi connectivity index (χ4n) is 2.72. The molecule has 0 saturated carbocycles. The molecule has 24 heavy (non-hydrogen) atoms. The number of likely N-dealkylation sites (N-methyl/N-ethyl adjacent to an activating group) is 1. The van der Waals surface area contributed by atoms with E-state index in [0.717, 1.165) is 39.1 Å². The molecule has 1 aliphatic rings. The molecule has 1 N–H and O–H groups in total. The van der Waals surface area contributed by atoms with E-state index in [0.29, 0.717) is 17.7 Å². The first-order chi connectivity index (χ1) is 11.5. The minimum atomic E-state index is -1.07. The van der Waals surface area contributed by atoms with Gasteiger partial charge in [0.05, 0.1) is 4.92 Å². The molecule has 1 saturated heterocycles. The smallest absolute Gasteiger partial charge is 0.341 e. The van der Waals surface area contributed by atoms with Gasteiger partial charge in [-0.25, -0.2) is 4.79 Å². The summed E-state index contributed by atoms with van der Waals surface area (Å²) in [4.78, 5) is 25.8. The van der Waals surface area contributed by atoms with Crippen LogP contribution in [0.5, 0.6) is 5.75 Å². The summed E-state index contributed by atoms with van der Waals surface area (Å²) in [5.41, 5.74) is 0.673. The lowest BCUT2D eigenvalue weighted by atomic mass is 10.1. The fourth-order valence-corrected chi connectivity index (χ4v) is 2.72. The number of nitro benzene ring substituents is 1. The van der Waals surface area contributed by atoms with Crippen molar-refractivity contribution in [3.63, 3.8) is 0 Å². The molecule has 0 spiro atoms. The second-order valence-electron chi connectivity index (χ2n) is 5.98. The first-order valence-electron chi connectivity index (χ1n) is 7.98. The Morgan fingerprint density at radius 1 is 1.33 bits per heavy atom. The number of nitrogens with zero attached hydrogens (tertiary/aromatic N) is 3. The number of hydrogen-bond acceptors (Lipinski definition) is 6. The lowest BCUT2D eigenvalue weighted by Gasteiger charge is -2.32. The van der Waals surface area contributed by atoms with Crippen molar-refractivity contribution in [1.29, 1.82) is 0 Å². The van der Waals surface area contributed by atoms with E-state index in [1.807, 2.05) is 0 Å². The van der Waals surface area contributed by atoms with E-state index in [2.05, 4.69) is 16.8 Å². The minimum Gasteiger partial charge on any atom is -0.482 e. The summed E-state index contributed by atoms with van der Waals surface area (Å²) in [7, 11) is 2.10. The van der Waals surface area contributed by atoms with Crippen LogP contribution in [0.2, 0.25) is 0 Å². The molecule has 1 heterocycles. The van der Waals surface area contributed by atoms with Crippen molar-refractivity contribution in [2.45, 2.75) is 12.8 Å². The average Bonchev–Trinajstić information content (AvgIpc) is 2.55. The molecule has 0 aliphatic carbocycles. The van der Waals surface area contributed by atoms with Crippen LogP contribution in [0.1, 0.15) is 12.0 Å². The number of aliphatic carboxylic acids is 1. The zero-order valence-electron chi connectivity index (χ0n) is 13.8. The van der Waals surface area contributed by atoms with Crippen molar-refractivity contribution >= 4 is 11.7 Å². The summed E-state index contributed by atoms with van der Waals surface area (Å²) >= 11 is 0. The van der Waals surface area contributed by atoms with Gasteiger partial charge in [-0.05, 0) is 32.5 Å². The van der Waals surface area contributed by atoms with E-state index in [-0.39, 0.29) is 5.69 Å². The molecule has 1 aromatic carbocycles. The number of carbonyl (C=O) groups is 1. The van der Waals surface area contributed by atoms with Crippen LogP contribution in [-0.2, 0) is 11.2 Å². The van der Waals surface area contributed by atoms with Gasteiger partial charge >= 0.3 is 5.97 Å². The first kappa shape index (κ1) is 18.2. The number of carboxylic acid groups (broad SMARTS) is 1. The SMILES string of the molecule is CN1CCN(CCCc2cc([N+](=O)[O-])ccc2OCC(=O)O)CC1. The molecule has 0 atom stereocenters. The quantitative estimate of drug-likeness (QED) is 0.563. The van der Waals surface area contributed by atoms with Crippen molar-refractivity contribution in [2.75, 3.05) is 46.4 Å². The van der Waals surface area contributed by atoms with E-state index in [1.54, 1.807) is 0 Å². The molecular weight excluding hydrogens is 314 g/mol. The molecule has 0 aromatic heterocycles. The van der Waals surface area contributed by atoms with E-state index < -0.39 is 17.5 Å². The standard InChI is InChI=1S/C16H23N3O5/c1-17-7-9-18(10-8-17)6-2-3-13-11-14(19(22)23)4-5-15(13)24-12-16(20)21/h4-5,11H,2-3,6-10,12H2,1H3,(H,20,21). The van der Waals surface area contributed by atoms with Crippen molar-refractivity contribution in [3.8, 4) is 5.75 Å². The number of benzene rings is 1. The Kier molecular flexibility index (Phi) is 6.51. The largest absolute Gasteiger partial charge is 0.482 e. The highest BCUT2D eigenvalue weighted by Gasteiger charge is 2.15. The third kappa shape index (κ3) is 5.47. The van der Waals surface area contributed by atoms with Crippen LogP contribution in [0, 0.1) is 10.1 Å². The number of hydrogen-bond donors (Lipinski definition) is 1. The van der Waals surface area contributed by atoms with Crippen LogP contribution in [0.4, 0.5) is 5.69 Å². The van der Waals surface area contributed by atoms with E-state index in [1.165, 1.54) is 18.2 Å². The van der Waals surface area contributed by atoms with E-state index in [4.69, 9.17) is 9.84 Å². The van der Waals surface area contributed by atoms with Gasteiger partial charge in [0.25, 0.3) is 5.69 Å². The lowest BCUT2D eigenvalue weighted by Crippen LogP contribution is -2.44. The topological polar surface area (TPSA) is 96.2 Å². The Morgan fingerprint density at radius 3 is 2.67 bits per heavy atom. The molecule has 2 rings (SSSR count). The zero-order valence-corrected chi connectivity index (χ0v) is 13.8. The number of ether oxygens (including phenoxy) is 1. The maximum absolute atomic E-state index is 10.9. The molecule has 8 nitrogen and oxygen atoms in total. The third-order valence-corrected chi connectivity index (χ3v) is 4.12. The summed E-state index contributed by atoms with van der Waals surface area (Å²) in [6.45, 7) is 4.59. The second kappa shape index (κ2) is 8.60. The van der Waals surface area contributed by atoms with E-state index >= 15 is 0 Å². The number of piperazine rings is 1. The van der Waals surface area contributed by atoms with Crippen LogP contribution in [0.3, 0.4) is 0 Å². The van der Waals surface area contributed by atoms with E-state index in [9.17, 15) is 14.9 Å². The van der Waals surface area contributed by atoms with Gasteiger partial charge in [-0.3, -0.25) is 10.1 Å². The molecule has 1 aromatic rings. The molecule has 8 heteroatoms. The number of aryl methyl sites for hydroxylation is 1. The van der Waals surface area contributed by atoms with Crippen molar-refractivity contribution in [1.82, 2.24) is 9.80 Å². The highest BCUT2D eigenvalue weighted by Crippen LogP contribution is 2.25.